The Morgan fingerprint density at radius 1 is 1.00 bits per heavy atom. The number of benzene rings is 3. The van der Waals surface area contributed by atoms with Gasteiger partial charge in [0.1, 0.15) is 5.75 Å². The summed E-state index contributed by atoms with van der Waals surface area (Å²) in [6.07, 6.45) is 1.78. The number of fused-ring (bicyclic) bond motifs is 1. The van der Waals surface area contributed by atoms with Gasteiger partial charge in [0.15, 0.2) is 11.0 Å². The number of halogens is 2. The summed E-state index contributed by atoms with van der Waals surface area (Å²) in [4.78, 5) is 0. The molecular weight excluding hydrogens is 404 g/mol. The van der Waals surface area contributed by atoms with Crippen LogP contribution in [0.25, 0.3) is 22.2 Å². The molecule has 1 heterocycles. The molecule has 0 aliphatic heterocycles. The van der Waals surface area contributed by atoms with Crippen molar-refractivity contribution < 1.29 is 13.5 Å². The molecule has 0 bridgehead atoms. The molecule has 1 aromatic heterocycles. The molecular formula is C23H19F2N3OS. The van der Waals surface area contributed by atoms with Crippen molar-refractivity contribution in [1.82, 2.24) is 14.8 Å². The van der Waals surface area contributed by atoms with Gasteiger partial charge in [-0.1, -0.05) is 60.3 Å². The lowest BCUT2D eigenvalue weighted by atomic mass is 10.1. The second-order valence-corrected chi connectivity index (χ2v) is 7.48. The fourth-order valence-electron chi connectivity index (χ4n) is 3.25. The molecule has 0 aliphatic rings. The van der Waals surface area contributed by atoms with Gasteiger partial charge in [0.25, 0.3) is 0 Å². The maximum Gasteiger partial charge on any atom is 0.387 e. The molecule has 4 rings (SSSR count). The van der Waals surface area contributed by atoms with Gasteiger partial charge in [0.05, 0.1) is 0 Å². The second-order valence-electron chi connectivity index (χ2n) is 6.54. The van der Waals surface area contributed by atoms with Crippen LogP contribution in [0.5, 0.6) is 5.75 Å². The standard InChI is InChI=1S/C23H19F2N3OS/c1-2-14-28-21(17-10-12-19(13-11-17)29-22(24)25)26-27-23(28)30-15-18-8-5-7-16-6-3-4-9-20(16)18/h2-13,22H,1,14-15H2. The molecule has 152 valence electrons. The lowest BCUT2D eigenvalue weighted by Crippen LogP contribution is -2.02. The van der Waals surface area contributed by atoms with Gasteiger partial charge in [0.2, 0.25) is 0 Å². The summed E-state index contributed by atoms with van der Waals surface area (Å²) >= 11 is 1.60. The number of ether oxygens (including phenoxy) is 1. The second kappa shape index (κ2) is 9.09. The van der Waals surface area contributed by atoms with E-state index in [1.807, 2.05) is 16.7 Å². The van der Waals surface area contributed by atoms with Crippen molar-refractivity contribution in [3.8, 4) is 17.1 Å². The lowest BCUT2D eigenvalue weighted by molar-refractivity contribution is -0.0498. The third kappa shape index (κ3) is 4.36. The van der Waals surface area contributed by atoms with Crippen molar-refractivity contribution in [3.05, 3.63) is 84.9 Å². The Hall–Kier alpha value is -3.19. The average Bonchev–Trinajstić information content (AvgIpc) is 3.15. The summed E-state index contributed by atoms with van der Waals surface area (Å²) in [5, 5.41) is 11.9. The quantitative estimate of drug-likeness (QED) is 0.251. The summed E-state index contributed by atoms with van der Waals surface area (Å²) in [5.41, 5.74) is 1.99. The Labute approximate surface area is 177 Å². The predicted octanol–water partition coefficient (Wildman–Crippen LogP) is 6.18. The van der Waals surface area contributed by atoms with Crippen LogP contribution in [0.2, 0.25) is 0 Å². The smallest absolute Gasteiger partial charge is 0.387 e. The highest BCUT2D eigenvalue weighted by molar-refractivity contribution is 7.98. The van der Waals surface area contributed by atoms with E-state index in [0.717, 1.165) is 16.5 Å². The van der Waals surface area contributed by atoms with Gasteiger partial charge >= 0.3 is 6.61 Å². The summed E-state index contributed by atoms with van der Waals surface area (Å²) in [7, 11) is 0. The van der Waals surface area contributed by atoms with Crippen molar-refractivity contribution in [3.63, 3.8) is 0 Å². The van der Waals surface area contributed by atoms with E-state index in [1.165, 1.54) is 28.5 Å². The SMILES string of the molecule is C=CCn1c(SCc2cccc3ccccc23)nnc1-c1ccc(OC(F)F)cc1. The van der Waals surface area contributed by atoms with E-state index in [2.05, 4.69) is 51.8 Å². The molecule has 0 fully saturated rings. The Bertz CT molecular complexity index is 1150. The number of allylic oxidation sites excluding steroid dienone is 1. The maximum absolute atomic E-state index is 12.4. The number of thioether (sulfide) groups is 1. The van der Waals surface area contributed by atoms with Gasteiger partial charge in [-0.2, -0.15) is 8.78 Å². The average molecular weight is 423 g/mol. The Morgan fingerprint density at radius 2 is 1.77 bits per heavy atom. The third-order valence-electron chi connectivity index (χ3n) is 4.60. The van der Waals surface area contributed by atoms with Crippen LogP contribution >= 0.6 is 11.8 Å². The molecule has 0 amide bonds. The van der Waals surface area contributed by atoms with Gasteiger partial charge < -0.3 is 4.74 Å². The van der Waals surface area contributed by atoms with Crippen LogP contribution in [0.3, 0.4) is 0 Å². The summed E-state index contributed by atoms with van der Waals surface area (Å²) in [6.45, 7) is 1.52. The molecule has 3 aromatic carbocycles. The minimum Gasteiger partial charge on any atom is -0.435 e. The van der Waals surface area contributed by atoms with Crippen molar-refractivity contribution in [2.24, 2.45) is 0 Å². The van der Waals surface area contributed by atoms with Crippen molar-refractivity contribution in [1.29, 1.82) is 0 Å². The van der Waals surface area contributed by atoms with Crippen LogP contribution in [-0.4, -0.2) is 21.4 Å². The van der Waals surface area contributed by atoms with E-state index >= 15 is 0 Å². The number of hydrogen-bond acceptors (Lipinski definition) is 4. The summed E-state index contributed by atoms with van der Waals surface area (Å²) in [6, 6.07) is 20.9. The molecule has 30 heavy (non-hydrogen) atoms. The number of rotatable bonds is 8. The fraction of sp³-hybridized carbons (Fsp3) is 0.130. The first kappa shape index (κ1) is 20.1. The Balaban J connectivity index is 1.58. The van der Waals surface area contributed by atoms with Crippen LogP contribution in [-0.2, 0) is 12.3 Å². The Morgan fingerprint density at radius 3 is 2.53 bits per heavy atom. The van der Waals surface area contributed by atoms with Gasteiger partial charge in [0, 0.05) is 17.9 Å². The van der Waals surface area contributed by atoms with Crippen molar-refractivity contribution in [2.45, 2.75) is 24.1 Å². The molecule has 0 atom stereocenters. The normalized spacial score (nSPS) is 11.2. The first-order valence-corrected chi connectivity index (χ1v) is 10.3. The minimum absolute atomic E-state index is 0.106. The highest BCUT2D eigenvalue weighted by Crippen LogP contribution is 2.30. The molecule has 4 aromatic rings. The number of hydrogen-bond donors (Lipinski definition) is 0. The molecule has 0 radical (unpaired) electrons. The molecule has 0 aliphatic carbocycles. The van der Waals surface area contributed by atoms with Crippen LogP contribution in [0.1, 0.15) is 5.56 Å². The minimum atomic E-state index is -2.85. The van der Waals surface area contributed by atoms with Crippen LogP contribution in [0.15, 0.2) is 84.5 Å². The highest BCUT2D eigenvalue weighted by atomic mass is 32.2. The zero-order valence-electron chi connectivity index (χ0n) is 16.0. The molecule has 0 unspecified atom stereocenters. The van der Waals surface area contributed by atoms with E-state index in [0.29, 0.717) is 12.4 Å². The highest BCUT2D eigenvalue weighted by Gasteiger charge is 2.15. The lowest BCUT2D eigenvalue weighted by Gasteiger charge is -2.10. The molecule has 0 saturated heterocycles. The van der Waals surface area contributed by atoms with Gasteiger partial charge in [-0.05, 0) is 40.6 Å². The molecule has 7 heteroatoms. The van der Waals surface area contributed by atoms with E-state index in [9.17, 15) is 8.78 Å². The zero-order chi connectivity index (χ0) is 20.9. The molecule has 4 nitrogen and oxygen atoms in total. The predicted molar refractivity (Wildman–Crippen MR) is 116 cm³/mol. The monoisotopic (exact) mass is 423 g/mol. The third-order valence-corrected chi connectivity index (χ3v) is 5.62. The van der Waals surface area contributed by atoms with E-state index in [-0.39, 0.29) is 5.75 Å². The van der Waals surface area contributed by atoms with Crippen LogP contribution < -0.4 is 4.74 Å². The van der Waals surface area contributed by atoms with Gasteiger partial charge in [-0.25, -0.2) is 0 Å². The maximum atomic E-state index is 12.4. The largest absolute Gasteiger partial charge is 0.435 e. The number of nitrogens with zero attached hydrogens (tertiary/aromatic N) is 3. The molecule has 0 saturated carbocycles. The summed E-state index contributed by atoms with van der Waals surface area (Å²) in [5.74, 6) is 1.51. The molecule has 0 spiro atoms. The first-order valence-electron chi connectivity index (χ1n) is 9.34. The van der Waals surface area contributed by atoms with Crippen molar-refractivity contribution >= 4 is 22.5 Å². The Kier molecular flexibility index (Phi) is 6.09. The van der Waals surface area contributed by atoms with E-state index in [4.69, 9.17) is 0 Å². The van der Waals surface area contributed by atoms with Crippen molar-refractivity contribution in [2.75, 3.05) is 0 Å². The van der Waals surface area contributed by atoms with E-state index < -0.39 is 6.61 Å². The number of aromatic nitrogens is 3. The topological polar surface area (TPSA) is 39.9 Å². The van der Waals surface area contributed by atoms with Gasteiger partial charge in [-0.15, -0.1) is 16.8 Å². The number of alkyl halides is 2. The van der Waals surface area contributed by atoms with Gasteiger partial charge in [-0.3, -0.25) is 4.57 Å². The summed E-state index contributed by atoms with van der Waals surface area (Å²) < 4.78 is 31.1. The zero-order valence-corrected chi connectivity index (χ0v) is 16.9. The van der Waals surface area contributed by atoms with Crippen LogP contribution in [0.4, 0.5) is 8.78 Å². The van der Waals surface area contributed by atoms with Crippen LogP contribution in [0, 0.1) is 0 Å². The van der Waals surface area contributed by atoms with E-state index in [1.54, 1.807) is 30.0 Å². The fourth-order valence-corrected chi connectivity index (χ4v) is 4.20. The molecule has 0 N–H and O–H groups in total. The first-order chi connectivity index (χ1) is 14.7.